The van der Waals surface area contributed by atoms with Crippen molar-refractivity contribution in [1.82, 2.24) is 10.0 Å². The monoisotopic (exact) mass is 389 g/mol. The van der Waals surface area contributed by atoms with E-state index in [4.69, 9.17) is 0 Å². The van der Waals surface area contributed by atoms with Gasteiger partial charge in [0.2, 0.25) is 15.9 Å². The molecule has 0 radical (unpaired) electrons. The van der Waals surface area contributed by atoms with Crippen LogP contribution >= 0.6 is 0 Å². The molecule has 0 spiro atoms. The van der Waals surface area contributed by atoms with Gasteiger partial charge >= 0.3 is 0 Å². The number of nitro benzene ring substituents is 1. The van der Waals surface area contributed by atoms with Crippen LogP contribution in [-0.4, -0.2) is 25.3 Å². The first-order chi connectivity index (χ1) is 12.8. The van der Waals surface area contributed by atoms with Gasteiger partial charge in [-0.25, -0.2) is 13.1 Å². The summed E-state index contributed by atoms with van der Waals surface area (Å²) in [5.74, 6) is -0.351. The summed E-state index contributed by atoms with van der Waals surface area (Å²) in [5.41, 5.74) is 0.981. The van der Waals surface area contributed by atoms with Crippen molar-refractivity contribution in [3.63, 3.8) is 0 Å². The Bertz CT molecular complexity index is 953. The van der Waals surface area contributed by atoms with Crippen LogP contribution in [0.4, 0.5) is 5.69 Å². The highest BCUT2D eigenvalue weighted by Gasteiger charge is 2.27. The van der Waals surface area contributed by atoms with Gasteiger partial charge in [0.25, 0.3) is 5.69 Å². The molecule has 0 saturated heterocycles. The fourth-order valence-electron chi connectivity index (χ4n) is 2.55. The summed E-state index contributed by atoms with van der Waals surface area (Å²) in [4.78, 5) is 22.7. The average molecular weight is 389 g/mol. The van der Waals surface area contributed by atoms with Crippen molar-refractivity contribution in [2.75, 3.05) is 0 Å². The van der Waals surface area contributed by atoms with Crippen molar-refractivity contribution >= 4 is 21.6 Å². The zero-order valence-corrected chi connectivity index (χ0v) is 15.2. The van der Waals surface area contributed by atoms with Gasteiger partial charge in [0, 0.05) is 24.2 Å². The number of nitrogens with zero attached hydrogens (tertiary/aromatic N) is 1. The Morgan fingerprint density at radius 3 is 2.41 bits per heavy atom. The highest BCUT2D eigenvalue weighted by atomic mass is 32.2. The summed E-state index contributed by atoms with van der Waals surface area (Å²) in [6.45, 7) is 0.204. The molecule has 1 fully saturated rings. The third-order valence-corrected chi connectivity index (χ3v) is 5.70. The second-order valence-corrected chi connectivity index (χ2v) is 8.09. The summed E-state index contributed by atoms with van der Waals surface area (Å²) < 4.78 is 26.8. The summed E-state index contributed by atoms with van der Waals surface area (Å²) in [6.07, 6.45) is 1.63. The molecule has 3 rings (SSSR count). The van der Waals surface area contributed by atoms with E-state index in [1.807, 2.05) is 0 Å². The van der Waals surface area contributed by atoms with Crippen molar-refractivity contribution in [1.29, 1.82) is 0 Å². The minimum absolute atomic E-state index is 0.0380. The molecule has 9 heteroatoms. The number of benzene rings is 2. The lowest BCUT2D eigenvalue weighted by atomic mass is 10.1. The lowest BCUT2D eigenvalue weighted by Crippen LogP contribution is -2.26. The van der Waals surface area contributed by atoms with Gasteiger partial charge in [-0.3, -0.25) is 14.9 Å². The second-order valence-electron chi connectivity index (χ2n) is 6.38. The molecular formula is C18H19N3O5S. The molecule has 1 amide bonds. The van der Waals surface area contributed by atoms with Crippen LogP contribution in [0.1, 0.15) is 24.0 Å². The molecule has 0 bridgehead atoms. The molecule has 2 N–H and O–H groups in total. The largest absolute Gasteiger partial charge is 0.352 e. The molecule has 1 aliphatic carbocycles. The summed E-state index contributed by atoms with van der Waals surface area (Å²) in [6, 6.07) is 12.4. The number of hydrogen-bond acceptors (Lipinski definition) is 5. The first-order valence-corrected chi connectivity index (χ1v) is 9.94. The number of para-hydroxylation sites is 1. The Hall–Kier alpha value is -2.78. The van der Waals surface area contributed by atoms with E-state index in [2.05, 4.69) is 10.0 Å². The molecule has 27 heavy (non-hydrogen) atoms. The van der Waals surface area contributed by atoms with Gasteiger partial charge < -0.3 is 5.32 Å². The number of amides is 1. The maximum atomic E-state index is 12.1. The molecule has 1 aliphatic rings. The highest BCUT2D eigenvalue weighted by Crippen LogP contribution is 2.22. The topological polar surface area (TPSA) is 118 Å². The van der Waals surface area contributed by atoms with Gasteiger partial charge in [0.15, 0.2) is 0 Å². The van der Waals surface area contributed by atoms with Crippen molar-refractivity contribution in [3.05, 3.63) is 69.8 Å². The van der Waals surface area contributed by atoms with Gasteiger partial charge in [-0.2, -0.15) is 0 Å². The SMILES string of the molecule is O=C(Cc1ccccc1[N+](=O)[O-])NCc1ccc(S(=O)(=O)NC2CC2)cc1. The van der Waals surface area contributed by atoms with Gasteiger partial charge in [-0.05, 0) is 30.5 Å². The van der Waals surface area contributed by atoms with Gasteiger partial charge in [-0.15, -0.1) is 0 Å². The second kappa shape index (κ2) is 7.85. The van der Waals surface area contributed by atoms with E-state index in [1.165, 1.54) is 18.2 Å². The minimum atomic E-state index is -3.50. The molecule has 1 saturated carbocycles. The molecule has 0 atom stereocenters. The molecule has 2 aromatic carbocycles. The average Bonchev–Trinajstić information content (AvgIpc) is 3.44. The lowest BCUT2D eigenvalue weighted by molar-refractivity contribution is -0.385. The number of carbonyl (C=O) groups excluding carboxylic acids is 1. The Morgan fingerprint density at radius 1 is 1.11 bits per heavy atom. The van der Waals surface area contributed by atoms with E-state index in [9.17, 15) is 23.3 Å². The van der Waals surface area contributed by atoms with Crippen molar-refractivity contribution in [2.45, 2.75) is 36.7 Å². The zero-order chi connectivity index (χ0) is 19.4. The zero-order valence-electron chi connectivity index (χ0n) is 14.4. The van der Waals surface area contributed by atoms with Crippen LogP contribution in [0, 0.1) is 10.1 Å². The fraction of sp³-hybridized carbons (Fsp3) is 0.278. The minimum Gasteiger partial charge on any atom is -0.352 e. The van der Waals surface area contributed by atoms with E-state index >= 15 is 0 Å². The molecular weight excluding hydrogens is 370 g/mol. The highest BCUT2D eigenvalue weighted by molar-refractivity contribution is 7.89. The number of hydrogen-bond donors (Lipinski definition) is 2. The van der Waals surface area contributed by atoms with E-state index in [0.717, 1.165) is 18.4 Å². The van der Waals surface area contributed by atoms with Crippen molar-refractivity contribution < 1.29 is 18.1 Å². The number of carbonyl (C=O) groups is 1. The van der Waals surface area contributed by atoms with Crippen LogP contribution in [0.2, 0.25) is 0 Å². The molecule has 2 aromatic rings. The summed E-state index contributed by atoms with van der Waals surface area (Å²) >= 11 is 0. The van der Waals surface area contributed by atoms with Gasteiger partial charge in [0.1, 0.15) is 0 Å². The fourth-order valence-corrected chi connectivity index (χ4v) is 3.85. The number of nitro groups is 1. The normalized spacial score (nSPS) is 13.9. The van der Waals surface area contributed by atoms with Crippen LogP contribution in [-0.2, 0) is 27.8 Å². The van der Waals surface area contributed by atoms with Crippen LogP contribution < -0.4 is 10.0 Å². The molecule has 0 unspecified atom stereocenters. The lowest BCUT2D eigenvalue weighted by Gasteiger charge is -2.08. The van der Waals surface area contributed by atoms with Gasteiger partial charge in [0.05, 0.1) is 16.2 Å². The summed E-state index contributed by atoms with van der Waals surface area (Å²) in [5, 5.41) is 13.7. The summed E-state index contributed by atoms with van der Waals surface area (Å²) in [7, 11) is -3.50. The van der Waals surface area contributed by atoms with E-state index < -0.39 is 14.9 Å². The first kappa shape index (κ1) is 19.0. The van der Waals surface area contributed by atoms with Crippen LogP contribution in [0.5, 0.6) is 0 Å². The molecule has 142 valence electrons. The molecule has 8 nitrogen and oxygen atoms in total. The third kappa shape index (κ3) is 5.11. The predicted octanol–water partition coefficient (Wildman–Crippen LogP) is 1.89. The number of rotatable bonds is 8. The predicted molar refractivity (Wildman–Crippen MR) is 98.4 cm³/mol. The smallest absolute Gasteiger partial charge is 0.273 e. The quantitative estimate of drug-likeness (QED) is 0.528. The van der Waals surface area contributed by atoms with E-state index in [-0.39, 0.29) is 35.5 Å². The third-order valence-electron chi connectivity index (χ3n) is 4.16. The Balaban J connectivity index is 1.57. The van der Waals surface area contributed by atoms with Crippen LogP contribution in [0.15, 0.2) is 53.4 Å². The van der Waals surface area contributed by atoms with Crippen LogP contribution in [0.3, 0.4) is 0 Å². The Kier molecular flexibility index (Phi) is 5.52. The standard InChI is InChI=1S/C18H19N3O5S/c22-18(11-14-3-1-2-4-17(14)21(23)24)19-12-13-5-9-16(10-6-13)27(25,26)20-15-7-8-15/h1-6,9-10,15,20H,7-8,11-12H2,(H,19,22). The van der Waals surface area contributed by atoms with Crippen molar-refractivity contribution in [2.24, 2.45) is 0 Å². The molecule has 0 aromatic heterocycles. The van der Waals surface area contributed by atoms with Gasteiger partial charge in [-0.1, -0.05) is 30.3 Å². The molecule has 0 aliphatic heterocycles. The molecule has 0 heterocycles. The first-order valence-electron chi connectivity index (χ1n) is 8.45. The van der Waals surface area contributed by atoms with Crippen LogP contribution in [0.25, 0.3) is 0 Å². The number of sulfonamides is 1. The van der Waals surface area contributed by atoms with Crippen molar-refractivity contribution in [3.8, 4) is 0 Å². The van der Waals surface area contributed by atoms with E-state index in [1.54, 1.807) is 30.3 Å². The maximum absolute atomic E-state index is 12.1. The Labute approximate surface area is 156 Å². The maximum Gasteiger partial charge on any atom is 0.273 e. The Morgan fingerprint density at radius 2 is 1.78 bits per heavy atom. The number of nitrogens with one attached hydrogen (secondary N) is 2. The van der Waals surface area contributed by atoms with E-state index in [0.29, 0.717) is 5.56 Å².